The second-order valence-corrected chi connectivity index (χ2v) is 3.51. The highest BCUT2D eigenvalue weighted by Gasteiger charge is 2.25. The van der Waals surface area contributed by atoms with Crippen molar-refractivity contribution in [2.75, 3.05) is 10.0 Å². The molecule has 0 aliphatic heterocycles. The van der Waals surface area contributed by atoms with Crippen LogP contribution in [-0.4, -0.2) is 28.1 Å². The summed E-state index contributed by atoms with van der Waals surface area (Å²) in [7, 11) is 0. The molecule has 0 atom stereocenters. The molecule has 0 bridgehead atoms. The van der Waals surface area contributed by atoms with Crippen molar-refractivity contribution in [1.82, 2.24) is 4.98 Å². The van der Waals surface area contributed by atoms with E-state index in [1.165, 1.54) is 0 Å². The number of rotatable bonds is 4. The maximum atomic E-state index is 11.1. The van der Waals surface area contributed by atoms with Crippen LogP contribution in [-0.2, 0) is 0 Å². The fraction of sp³-hybridized carbons (Fsp3) is 0. The summed E-state index contributed by atoms with van der Waals surface area (Å²) >= 11 is 0. The van der Waals surface area contributed by atoms with Gasteiger partial charge in [-0.05, 0) is 11.2 Å². The molecule has 0 unspecified atom stereocenters. The van der Waals surface area contributed by atoms with E-state index in [1.807, 2.05) is 0 Å². The molecule has 13 nitrogen and oxygen atoms in total. The number of pyridine rings is 1. The van der Waals surface area contributed by atoms with Crippen LogP contribution in [0.4, 0.5) is 26.9 Å². The Labute approximate surface area is 116 Å². The highest BCUT2D eigenvalue weighted by Crippen LogP contribution is 2.32. The number of aromatic nitrogens is 1. The predicted molar refractivity (Wildman–Crippen MR) is 69.2 cm³/mol. The van der Waals surface area contributed by atoms with E-state index in [9.17, 15) is 19.3 Å². The van der Waals surface area contributed by atoms with Crippen LogP contribution in [0.1, 0.15) is 10.4 Å². The minimum atomic E-state index is -1.61. The van der Waals surface area contributed by atoms with E-state index in [0.29, 0.717) is 0 Å². The number of aromatic carboxylic acids is 1. The average Bonchev–Trinajstić information content (AvgIpc) is 2.43. The third kappa shape index (κ3) is 2.99. The molecule has 9 N–H and O–H groups in total. The number of carboxylic acid groups (broad SMARTS) is 1. The maximum Gasteiger partial charge on any atom is 0.338 e. The van der Waals surface area contributed by atoms with Gasteiger partial charge in [-0.2, -0.15) is 0 Å². The zero-order valence-corrected chi connectivity index (χ0v) is 10.3. The summed E-state index contributed by atoms with van der Waals surface area (Å²) in [6.45, 7) is 0. The summed E-state index contributed by atoms with van der Waals surface area (Å²) in [5.74, 6) is 7.72. The van der Waals surface area contributed by atoms with Crippen LogP contribution in [0, 0.1) is 4.91 Å². The van der Waals surface area contributed by atoms with Gasteiger partial charge in [0.05, 0.1) is 5.56 Å². The number of hydrogen-bond donors (Lipinski definition) is 5. The first-order chi connectivity index (χ1) is 9.70. The van der Waals surface area contributed by atoms with E-state index in [0.717, 1.165) is 6.07 Å². The number of primary amides is 2. The first kappa shape index (κ1) is 15.7. The number of carbonyl (C=O) groups is 3. The molecule has 1 rings (SSSR count). The Hall–Kier alpha value is -3.32. The number of carbonyl (C=O) groups excluding carboxylic acids is 2. The molecular weight excluding hydrogens is 288 g/mol. The molecule has 1 aromatic heterocycles. The lowest BCUT2D eigenvalue weighted by Crippen LogP contribution is -2.44. The molecule has 1 aromatic rings. The first-order valence-electron chi connectivity index (χ1n) is 5.00. The molecule has 0 saturated heterocycles. The third-order valence-electron chi connectivity index (χ3n) is 2.23. The Kier molecular flexibility index (Phi) is 4.32. The van der Waals surface area contributed by atoms with Crippen LogP contribution in [0.5, 0.6) is 0 Å². The molecule has 13 heteroatoms. The largest absolute Gasteiger partial charge is 0.478 e. The third-order valence-corrected chi connectivity index (χ3v) is 2.23. The van der Waals surface area contributed by atoms with Gasteiger partial charge in [-0.25, -0.2) is 41.1 Å². The van der Waals surface area contributed by atoms with Gasteiger partial charge in [0, 0.05) is 0 Å². The Bertz CT molecular complexity index is 631. The number of amides is 4. The van der Waals surface area contributed by atoms with Crippen LogP contribution in [0.25, 0.3) is 0 Å². The minimum Gasteiger partial charge on any atom is -0.478 e. The van der Waals surface area contributed by atoms with Gasteiger partial charge in [0.15, 0.2) is 17.3 Å². The molecule has 1 heterocycles. The predicted octanol–water partition coefficient (Wildman–Crippen LogP) is -1.30. The smallest absolute Gasteiger partial charge is 0.338 e. The molecule has 112 valence electrons. The SMILES string of the molecule is NC(=O)N(N)c1cc(C(=O)O)c(N=O)c(N(N)C(N)=O)n1. The number of hydrazine groups is 2. The van der Waals surface area contributed by atoms with Gasteiger partial charge in [0.1, 0.15) is 0 Å². The zero-order valence-electron chi connectivity index (χ0n) is 10.3. The average molecular weight is 298 g/mol. The molecule has 0 aliphatic rings. The summed E-state index contributed by atoms with van der Waals surface area (Å²) in [5.41, 5.74) is 8.32. The van der Waals surface area contributed by atoms with E-state index in [4.69, 9.17) is 28.3 Å². The second kappa shape index (κ2) is 5.76. The number of anilines is 2. The van der Waals surface area contributed by atoms with Crippen molar-refractivity contribution in [2.45, 2.75) is 0 Å². The molecule has 4 amide bonds. The molecule has 0 aromatic carbocycles. The van der Waals surface area contributed by atoms with Crippen molar-refractivity contribution in [2.24, 2.45) is 28.3 Å². The number of nitrogens with zero attached hydrogens (tertiary/aromatic N) is 4. The summed E-state index contributed by atoms with van der Waals surface area (Å²) in [4.78, 5) is 47.4. The van der Waals surface area contributed by atoms with E-state index in [2.05, 4.69) is 10.2 Å². The zero-order chi connectivity index (χ0) is 16.3. The normalized spacial score (nSPS) is 9.81. The van der Waals surface area contributed by atoms with Crippen LogP contribution in [0.15, 0.2) is 11.2 Å². The van der Waals surface area contributed by atoms with Crippen molar-refractivity contribution < 1.29 is 19.5 Å². The monoisotopic (exact) mass is 298 g/mol. The van der Waals surface area contributed by atoms with Crippen molar-refractivity contribution in [3.8, 4) is 0 Å². The van der Waals surface area contributed by atoms with E-state index >= 15 is 0 Å². The van der Waals surface area contributed by atoms with Crippen molar-refractivity contribution in [1.29, 1.82) is 0 Å². The van der Waals surface area contributed by atoms with Gasteiger partial charge in [0.25, 0.3) is 0 Å². The lowest BCUT2D eigenvalue weighted by atomic mass is 10.2. The molecular formula is C8H10N8O5. The van der Waals surface area contributed by atoms with E-state index in [-0.39, 0.29) is 10.0 Å². The molecule has 0 fully saturated rings. The Balaban J connectivity index is 3.66. The lowest BCUT2D eigenvalue weighted by Gasteiger charge is -2.19. The number of carboxylic acids is 1. The Morgan fingerprint density at radius 3 is 2.05 bits per heavy atom. The number of urea groups is 2. The highest BCUT2D eigenvalue weighted by atomic mass is 16.4. The second-order valence-electron chi connectivity index (χ2n) is 3.51. The van der Waals surface area contributed by atoms with Crippen molar-refractivity contribution in [3.63, 3.8) is 0 Å². The number of nitrogens with two attached hydrogens (primary N) is 4. The summed E-state index contributed by atoms with van der Waals surface area (Å²) in [6.07, 6.45) is 0. The Morgan fingerprint density at radius 2 is 1.67 bits per heavy atom. The molecule has 0 spiro atoms. The van der Waals surface area contributed by atoms with E-state index in [1.54, 1.807) is 0 Å². The fourth-order valence-electron chi connectivity index (χ4n) is 1.27. The number of hydrogen-bond acceptors (Lipinski definition) is 8. The summed E-state index contributed by atoms with van der Waals surface area (Å²) in [5, 5.41) is 11.9. The molecule has 0 saturated carbocycles. The van der Waals surface area contributed by atoms with Gasteiger partial charge in [-0.1, -0.05) is 0 Å². The van der Waals surface area contributed by atoms with Crippen LogP contribution in [0.2, 0.25) is 0 Å². The Morgan fingerprint density at radius 1 is 1.14 bits per heavy atom. The first-order valence-corrected chi connectivity index (χ1v) is 5.00. The molecule has 0 aliphatic carbocycles. The van der Waals surface area contributed by atoms with Crippen LogP contribution in [0.3, 0.4) is 0 Å². The topological polar surface area (TPSA) is 224 Å². The standard InChI is InChI=1S/C8H10N8O5/c9-7(19)15(11)3-1-2(6(17)18)4(14-21)5(13-3)16(12)8(10)20/h1H,11-12H2,(H2,9,19)(H2,10,20)(H,17,18). The van der Waals surface area contributed by atoms with Gasteiger partial charge in [0.2, 0.25) is 0 Å². The fourth-order valence-corrected chi connectivity index (χ4v) is 1.27. The summed E-state index contributed by atoms with van der Waals surface area (Å²) in [6, 6.07) is -1.69. The summed E-state index contributed by atoms with van der Waals surface area (Å²) < 4.78 is 0. The minimum absolute atomic E-state index is 0.168. The quantitative estimate of drug-likeness (QED) is 0.193. The molecule has 21 heavy (non-hydrogen) atoms. The van der Waals surface area contributed by atoms with Crippen LogP contribution >= 0.6 is 0 Å². The van der Waals surface area contributed by atoms with Gasteiger partial charge < -0.3 is 16.6 Å². The number of nitroso groups, excluding NO2 is 1. The highest BCUT2D eigenvalue weighted by molar-refractivity contribution is 6.02. The van der Waals surface area contributed by atoms with Crippen LogP contribution < -0.4 is 33.2 Å². The molecule has 0 radical (unpaired) electrons. The van der Waals surface area contributed by atoms with Crippen molar-refractivity contribution >= 4 is 35.4 Å². The maximum absolute atomic E-state index is 11.1. The van der Waals surface area contributed by atoms with Gasteiger partial charge in [-0.3, -0.25) is 0 Å². The van der Waals surface area contributed by atoms with E-state index < -0.39 is 40.9 Å². The lowest BCUT2D eigenvalue weighted by molar-refractivity contribution is 0.0697. The van der Waals surface area contributed by atoms with Gasteiger partial charge in [-0.15, -0.1) is 4.91 Å². The van der Waals surface area contributed by atoms with Gasteiger partial charge >= 0.3 is 18.0 Å². The van der Waals surface area contributed by atoms with Crippen molar-refractivity contribution in [3.05, 3.63) is 16.5 Å².